The Kier molecular flexibility index (Phi) is 5.59. The van der Waals surface area contributed by atoms with Crippen LogP contribution in [0, 0.1) is 12.3 Å². The molecule has 4 N–H and O–H groups in total. The number of carboxylic acid groups (broad SMARTS) is 1. The monoisotopic (exact) mass is 332 g/mol. The number of hydrogen-bond donors (Lipinski definition) is 3. The van der Waals surface area contributed by atoms with Crippen molar-refractivity contribution in [3.63, 3.8) is 0 Å². The smallest absolute Gasteiger partial charge is 0.310 e. The van der Waals surface area contributed by atoms with Gasteiger partial charge in [0.2, 0.25) is 11.8 Å². The summed E-state index contributed by atoms with van der Waals surface area (Å²) in [7, 11) is 0. The molecule has 1 aromatic carbocycles. The number of amides is 2. The van der Waals surface area contributed by atoms with Gasteiger partial charge in [-0.05, 0) is 43.5 Å². The van der Waals surface area contributed by atoms with Gasteiger partial charge in [0.05, 0.1) is 5.41 Å². The Bertz CT molecular complexity index is 646. The predicted molar refractivity (Wildman–Crippen MR) is 90.7 cm³/mol. The lowest BCUT2D eigenvalue weighted by molar-refractivity contribution is -0.152. The maximum Gasteiger partial charge on any atom is 0.310 e. The van der Waals surface area contributed by atoms with Gasteiger partial charge in [-0.2, -0.15) is 0 Å². The molecule has 0 aliphatic heterocycles. The summed E-state index contributed by atoms with van der Waals surface area (Å²) in [6.45, 7) is 1.74. The largest absolute Gasteiger partial charge is 0.481 e. The van der Waals surface area contributed by atoms with Crippen LogP contribution in [0.4, 0.5) is 5.69 Å². The van der Waals surface area contributed by atoms with Gasteiger partial charge in [0.25, 0.3) is 0 Å². The summed E-state index contributed by atoms with van der Waals surface area (Å²) in [6, 6.07) is 4.83. The number of primary amides is 1. The van der Waals surface area contributed by atoms with Gasteiger partial charge >= 0.3 is 5.97 Å². The van der Waals surface area contributed by atoms with Crippen molar-refractivity contribution in [2.24, 2.45) is 11.1 Å². The molecule has 0 heterocycles. The van der Waals surface area contributed by atoms with E-state index in [1.54, 1.807) is 25.1 Å². The van der Waals surface area contributed by atoms with E-state index in [1.165, 1.54) is 0 Å². The van der Waals surface area contributed by atoms with Crippen molar-refractivity contribution >= 4 is 23.5 Å². The zero-order chi connectivity index (χ0) is 17.7. The van der Waals surface area contributed by atoms with E-state index in [-0.39, 0.29) is 12.3 Å². The van der Waals surface area contributed by atoms with E-state index >= 15 is 0 Å². The number of aliphatic carboxylic acids is 1. The third-order valence-electron chi connectivity index (χ3n) is 4.79. The molecule has 0 saturated heterocycles. The van der Waals surface area contributed by atoms with Crippen LogP contribution in [0.1, 0.15) is 60.9 Å². The predicted octanol–water partition coefficient (Wildman–Crippen LogP) is 2.85. The van der Waals surface area contributed by atoms with Crippen molar-refractivity contribution in [2.75, 3.05) is 5.32 Å². The van der Waals surface area contributed by atoms with E-state index in [0.717, 1.165) is 25.7 Å². The number of anilines is 1. The van der Waals surface area contributed by atoms with Gasteiger partial charge < -0.3 is 16.2 Å². The summed E-state index contributed by atoms with van der Waals surface area (Å²) in [6.07, 6.45) is 4.76. The van der Waals surface area contributed by atoms with Gasteiger partial charge in [0, 0.05) is 17.7 Å². The summed E-state index contributed by atoms with van der Waals surface area (Å²) < 4.78 is 0. The average molecular weight is 332 g/mol. The second kappa shape index (κ2) is 7.47. The van der Waals surface area contributed by atoms with Gasteiger partial charge in [0.15, 0.2) is 0 Å². The Morgan fingerprint density at radius 3 is 2.29 bits per heavy atom. The molecule has 0 atom stereocenters. The Morgan fingerprint density at radius 2 is 1.79 bits per heavy atom. The minimum Gasteiger partial charge on any atom is -0.481 e. The Balaban J connectivity index is 2.09. The highest BCUT2D eigenvalue weighted by molar-refractivity contribution is 5.97. The third-order valence-corrected chi connectivity index (χ3v) is 4.79. The molecule has 1 saturated carbocycles. The number of nitrogens with one attached hydrogen (secondary N) is 1. The fraction of sp³-hybridized carbons (Fsp3) is 0.500. The summed E-state index contributed by atoms with van der Waals surface area (Å²) in [4.78, 5) is 35.4. The SMILES string of the molecule is Cc1cc(NC(=O)CC2(C(=O)O)CCCCCC2)ccc1C(N)=O. The van der Waals surface area contributed by atoms with Crippen molar-refractivity contribution in [3.05, 3.63) is 29.3 Å². The van der Waals surface area contributed by atoms with Crippen molar-refractivity contribution in [3.8, 4) is 0 Å². The molecule has 0 bridgehead atoms. The zero-order valence-corrected chi connectivity index (χ0v) is 13.9. The van der Waals surface area contributed by atoms with Crippen LogP contribution >= 0.6 is 0 Å². The summed E-state index contributed by atoms with van der Waals surface area (Å²) in [5.41, 5.74) is 5.90. The normalized spacial score (nSPS) is 16.9. The number of aryl methyl sites for hydroxylation is 1. The number of hydrogen-bond acceptors (Lipinski definition) is 3. The fourth-order valence-corrected chi connectivity index (χ4v) is 3.40. The average Bonchev–Trinajstić information content (AvgIpc) is 2.73. The highest BCUT2D eigenvalue weighted by atomic mass is 16.4. The molecule has 0 radical (unpaired) electrons. The van der Waals surface area contributed by atoms with Crippen molar-refractivity contribution in [1.29, 1.82) is 0 Å². The van der Waals surface area contributed by atoms with Crippen LogP contribution in [-0.4, -0.2) is 22.9 Å². The molecule has 0 aromatic heterocycles. The molecule has 1 aromatic rings. The lowest BCUT2D eigenvalue weighted by Gasteiger charge is -2.27. The third kappa shape index (κ3) is 4.13. The van der Waals surface area contributed by atoms with Gasteiger partial charge in [0.1, 0.15) is 0 Å². The first-order chi connectivity index (χ1) is 11.3. The Hall–Kier alpha value is -2.37. The van der Waals surface area contributed by atoms with Crippen LogP contribution < -0.4 is 11.1 Å². The Morgan fingerprint density at radius 1 is 1.17 bits per heavy atom. The standard InChI is InChI=1S/C18H24N2O4/c1-12-10-13(6-7-14(12)16(19)22)20-15(21)11-18(17(23)24)8-4-2-3-5-9-18/h6-7,10H,2-5,8-9,11H2,1H3,(H2,19,22)(H,20,21)(H,23,24). The summed E-state index contributed by atoms with van der Waals surface area (Å²) in [5.74, 6) is -1.72. The number of carbonyl (C=O) groups excluding carboxylic acids is 2. The topological polar surface area (TPSA) is 109 Å². The number of carbonyl (C=O) groups is 3. The molecule has 130 valence electrons. The van der Waals surface area contributed by atoms with Gasteiger partial charge in [-0.15, -0.1) is 0 Å². The lowest BCUT2D eigenvalue weighted by Crippen LogP contribution is -2.35. The molecule has 0 unspecified atom stereocenters. The van der Waals surface area contributed by atoms with Crippen molar-refractivity contribution < 1.29 is 19.5 Å². The van der Waals surface area contributed by atoms with E-state index in [4.69, 9.17) is 5.73 Å². The summed E-state index contributed by atoms with van der Waals surface area (Å²) in [5, 5.41) is 12.4. The molecular weight excluding hydrogens is 308 g/mol. The van der Waals surface area contributed by atoms with E-state index in [0.29, 0.717) is 29.7 Å². The quantitative estimate of drug-likeness (QED) is 0.720. The molecule has 24 heavy (non-hydrogen) atoms. The molecule has 1 aliphatic carbocycles. The van der Waals surface area contributed by atoms with E-state index in [9.17, 15) is 19.5 Å². The van der Waals surface area contributed by atoms with E-state index < -0.39 is 17.3 Å². The van der Waals surface area contributed by atoms with Gasteiger partial charge in [-0.3, -0.25) is 14.4 Å². The van der Waals surface area contributed by atoms with Gasteiger partial charge in [-0.25, -0.2) is 0 Å². The summed E-state index contributed by atoms with van der Waals surface area (Å²) >= 11 is 0. The minimum atomic E-state index is -0.969. The fourth-order valence-electron chi connectivity index (χ4n) is 3.40. The second-order valence-corrected chi connectivity index (χ2v) is 6.62. The molecule has 2 rings (SSSR count). The van der Waals surface area contributed by atoms with Crippen LogP contribution in [0.15, 0.2) is 18.2 Å². The van der Waals surface area contributed by atoms with E-state index in [1.807, 2.05) is 0 Å². The first kappa shape index (κ1) is 18.0. The zero-order valence-electron chi connectivity index (χ0n) is 13.9. The second-order valence-electron chi connectivity index (χ2n) is 6.62. The highest BCUT2D eigenvalue weighted by Crippen LogP contribution is 2.38. The van der Waals surface area contributed by atoms with Crippen LogP contribution in [-0.2, 0) is 9.59 Å². The van der Waals surface area contributed by atoms with Crippen LogP contribution in [0.5, 0.6) is 0 Å². The Labute approximate surface area is 141 Å². The van der Waals surface area contributed by atoms with Crippen molar-refractivity contribution in [2.45, 2.75) is 51.9 Å². The maximum absolute atomic E-state index is 12.4. The van der Waals surface area contributed by atoms with Gasteiger partial charge in [-0.1, -0.05) is 25.7 Å². The first-order valence-corrected chi connectivity index (χ1v) is 8.28. The van der Waals surface area contributed by atoms with Crippen LogP contribution in [0.25, 0.3) is 0 Å². The van der Waals surface area contributed by atoms with E-state index in [2.05, 4.69) is 5.32 Å². The highest BCUT2D eigenvalue weighted by Gasteiger charge is 2.40. The molecule has 6 nitrogen and oxygen atoms in total. The minimum absolute atomic E-state index is 0.0288. The maximum atomic E-state index is 12.4. The molecule has 2 amide bonds. The molecular formula is C18H24N2O4. The van der Waals surface area contributed by atoms with Crippen molar-refractivity contribution in [1.82, 2.24) is 0 Å². The molecule has 1 fully saturated rings. The molecule has 1 aliphatic rings. The lowest BCUT2D eigenvalue weighted by atomic mass is 9.77. The van der Waals surface area contributed by atoms with Crippen LogP contribution in [0.2, 0.25) is 0 Å². The number of carboxylic acids is 1. The van der Waals surface area contributed by atoms with Crippen LogP contribution in [0.3, 0.4) is 0 Å². The number of rotatable bonds is 5. The number of benzene rings is 1. The molecule has 6 heteroatoms. The molecule has 0 spiro atoms. The first-order valence-electron chi connectivity index (χ1n) is 8.28. The number of nitrogens with two attached hydrogens (primary N) is 1.